The smallest absolute Gasteiger partial charge is 0.185 e. The Morgan fingerprint density at radius 2 is 2.40 bits per heavy atom. The highest BCUT2D eigenvalue weighted by Gasteiger charge is 2.21. The van der Waals surface area contributed by atoms with E-state index in [2.05, 4.69) is 29.0 Å². The van der Waals surface area contributed by atoms with Crippen LogP contribution in [0.2, 0.25) is 0 Å². The summed E-state index contributed by atoms with van der Waals surface area (Å²) in [6.45, 7) is 9.54. The zero-order chi connectivity index (χ0) is 14.4. The fourth-order valence-electron chi connectivity index (χ4n) is 2.62. The maximum Gasteiger partial charge on any atom is 0.185 e. The van der Waals surface area contributed by atoms with E-state index in [1.807, 2.05) is 17.5 Å². The third-order valence-electron chi connectivity index (χ3n) is 3.59. The maximum atomic E-state index is 5.29. The van der Waals surface area contributed by atoms with Crippen molar-refractivity contribution in [2.24, 2.45) is 11.8 Å². The summed E-state index contributed by atoms with van der Waals surface area (Å²) in [7, 11) is 1.79. The molecule has 1 fully saturated rings. The number of nitrogens with zero attached hydrogens (tertiary/aromatic N) is 2. The molecule has 0 radical (unpaired) electrons. The summed E-state index contributed by atoms with van der Waals surface area (Å²) < 4.78 is 5.29. The van der Waals surface area contributed by atoms with Crippen LogP contribution in [0, 0.1) is 11.8 Å². The first-order chi connectivity index (χ1) is 9.69. The van der Waals surface area contributed by atoms with Crippen molar-refractivity contribution >= 4 is 16.5 Å². The summed E-state index contributed by atoms with van der Waals surface area (Å²) >= 11 is 1.82. The SMILES string of the molecule is COCC1CCCN(c2ncc(CNCC(C)C)s2)C1. The van der Waals surface area contributed by atoms with Gasteiger partial charge in [0.25, 0.3) is 0 Å². The number of methoxy groups -OCH3 is 1. The minimum Gasteiger partial charge on any atom is -0.384 e. The minimum atomic E-state index is 0.653. The van der Waals surface area contributed by atoms with E-state index in [1.54, 1.807) is 7.11 Å². The van der Waals surface area contributed by atoms with E-state index >= 15 is 0 Å². The molecule has 114 valence electrons. The Morgan fingerprint density at radius 3 is 3.15 bits per heavy atom. The van der Waals surface area contributed by atoms with Crippen LogP contribution in [0.1, 0.15) is 31.6 Å². The van der Waals surface area contributed by atoms with Gasteiger partial charge in [-0.1, -0.05) is 13.8 Å². The second kappa shape index (κ2) is 7.96. The second-order valence-electron chi connectivity index (χ2n) is 6.04. The fourth-order valence-corrected chi connectivity index (χ4v) is 3.53. The van der Waals surface area contributed by atoms with E-state index in [0.29, 0.717) is 11.8 Å². The van der Waals surface area contributed by atoms with Gasteiger partial charge in [-0.3, -0.25) is 0 Å². The summed E-state index contributed by atoms with van der Waals surface area (Å²) in [5.41, 5.74) is 0. The van der Waals surface area contributed by atoms with Gasteiger partial charge in [0.05, 0.1) is 6.61 Å². The molecule has 0 spiro atoms. The van der Waals surface area contributed by atoms with Gasteiger partial charge in [-0.15, -0.1) is 11.3 Å². The van der Waals surface area contributed by atoms with Crippen molar-refractivity contribution in [2.75, 3.05) is 38.3 Å². The van der Waals surface area contributed by atoms with Crippen molar-refractivity contribution < 1.29 is 4.74 Å². The van der Waals surface area contributed by atoms with Crippen molar-refractivity contribution in [1.82, 2.24) is 10.3 Å². The van der Waals surface area contributed by atoms with Crippen LogP contribution in [0.4, 0.5) is 5.13 Å². The van der Waals surface area contributed by atoms with Gasteiger partial charge in [0.15, 0.2) is 5.13 Å². The molecule has 5 heteroatoms. The highest BCUT2D eigenvalue weighted by molar-refractivity contribution is 7.15. The van der Waals surface area contributed by atoms with E-state index < -0.39 is 0 Å². The van der Waals surface area contributed by atoms with Gasteiger partial charge in [0, 0.05) is 37.8 Å². The number of ether oxygens (including phenoxy) is 1. The van der Waals surface area contributed by atoms with Crippen molar-refractivity contribution in [3.05, 3.63) is 11.1 Å². The molecule has 0 bridgehead atoms. The fraction of sp³-hybridized carbons (Fsp3) is 0.800. The van der Waals surface area contributed by atoms with Crippen LogP contribution in [0.15, 0.2) is 6.20 Å². The predicted molar refractivity (Wildman–Crippen MR) is 85.5 cm³/mol. The van der Waals surface area contributed by atoms with Crippen molar-refractivity contribution in [2.45, 2.75) is 33.2 Å². The van der Waals surface area contributed by atoms with Crippen LogP contribution in [0.5, 0.6) is 0 Å². The van der Waals surface area contributed by atoms with Gasteiger partial charge in [-0.25, -0.2) is 4.98 Å². The third kappa shape index (κ3) is 4.72. The molecule has 1 aromatic heterocycles. The van der Waals surface area contributed by atoms with E-state index in [-0.39, 0.29) is 0 Å². The van der Waals surface area contributed by atoms with Crippen LogP contribution < -0.4 is 10.2 Å². The molecule has 1 aromatic rings. The van der Waals surface area contributed by atoms with E-state index in [9.17, 15) is 0 Å². The van der Waals surface area contributed by atoms with E-state index in [0.717, 1.165) is 32.8 Å². The quantitative estimate of drug-likeness (QED) is 0.840. The van der Waals surface area contributed by atoms with Crippen molar-refractivity contribution in [3.63, 3.8) is 0 Å². The molecule has 1 aliphatic rings. The number of nitrogens with one attached hydrogen (secondary N) is 1. The molecule has 1 N–H and O–H groups in total. The maximum absolute atomic E-state index is 5.29. The van der Waals surface area contributed by atoms with Gasteiger partial charge in [-0.2, -0.15) is 0 Å². The van der Waals surface area contributed by atoms with Crippen molar-refractivity contribution in [3.8, 4) is 0 Å². The summed E-state index contributed by atoms with van der Waals surface area (Å²) in [5, 5.41) is 4.65. The number of aromatic nitrogens is 1. The molecule has 0 aliphatic carbocycles. The molecule has 1 saturated heterocycles. The Morgan fingerprint density at radius 1 is 1.55 bits per heavy atom. The molecule has 1 aliphatic heterocycles. The molecule has 2 heterocycles. The lowest BCUT2D eigenvalue weighted by molar-refractivity contribution is 0.143. The van der Waals surface area contributed by atoms with Gasteiger partial charge in [0.1, 0.15) is 0 Å². The summed E-state index contributed by atoms with van der Waals surface area (Å²) in [6.07, 6.45) is 4.54. The number of piperidine rings is 1. The Balaban J connectivity index is 1.84. The Hall–Kier alpha value is -0.650. The minimum absolute atomic E-state index is 0.653. The molecule has 2 rings (SSSR count). The summed E-state index contributed by atoms with van der Waals surface area (Å²) in [6, 6.07) is 0. The Bertz CT molecular complexity index is 392. The Kier molecular flexibility index (Phi) is 6.26. The number of rotatable bonds is 7. The van der Waals surface area contributed by atoms with E-state index in [1.165, 1.54) is 22.9 Å². The predicted octanol–water partition coefficient (Wildman–Crippen LogP) is 2.75. The molecule has 0 saturated carbocycles. The molecule has 0 aromatic carbocycles. The standard InChI is InChI=1S/C15H27N3OS/c1-12(2)7-16-8-14-9-17-15(20-14)18-6-4-5-13(10-18)11-19-3/h9,12-13,16H,4-8,10-11H2,1-3H3. The average Bonchev–Trinajstić information content (AvgIpc) is 2.88. The first kappa shape index (κ1) is 15.7. The molecule has 4 nitrogen and oxygen atoms in total. The Labute approximate surface area is 126 Å². The van der Waals surface area contributed by atoms with Crippen LogP contribution in [0.25, 0.3) is 0 Å². The van der Waals surface area contributed by atoms with Gasteiger partial charge < -0.3 is 15.0 Å². The lowest BCUT2D eigenvalue weighted by atomic mass is 9.99. The van der Waals surface area contributed by atoms with Crippen molar-refractivity contribution in [1.29, 1.82) is 0 Å². The lowest BCUT2D eigenvalue weighted by Crippen LogP contribution is -2.37. The molecule has 0 amide bonds. The lowest BCUT2D eigenvalue weighted by Gasteiger charge is -2.32. The monoisotopic (exact) mass is 297 g/mol. The average molecular weight is 297 g/mol. The van der Waals surface area contributed by atoms with Crippen LogP contribution in [0.3, 0.4) is 0 Å². The highest BCUT2D eigenvalue weighted by atomic mass is 32.1. The first-order valence-corrected chi connectivity index (χ1v) is 8.40. The van der Waals surface area contributed by atoms with E-state index in [4.69, 9.17) is 4.74 Å². The zero-order valence-electron chi connectivity index (χ0n) is 12.9. The van der Waals surface area contributed by atoms with Crippen LogP contribution in [-0.2, 0) is 11.3 Å². The summed E-state index contributed by atoms with van der Waals surface area (Å²) in [5.74, 6) is 1.35. The topological polar surface area (TPSA) is 37.4 Å². The molecule has 1 atom stereocenters. The third-order valence-corrected chi connectivity index (χ3v) is 4.64. The highest BCUT2D eigenvalue weighted by Crippen LogP contribution is 2.27. The second-order valence-corrected chi connectivity index (χ2v) is 7.14. The van der Waals surface area contributed by atoms with Crippen LogP contribution in [-0.4, -0.2) is 38.3 Å². The molecular weight excluding hydrogens is 270 g/mol. The number of hydrogen-bond acceptors (Lipinski definition) is 5. The number of anilines is 1. The first-order valence-electron chi connectivity index (χ1n) is 7.58. The molecule has 1 unspecified atom stereocenters. The zero-order valence-corrected chi connectivity index (χ0v) is 13.7. The molecular formula is C15H27N3OS. The van der Waals surface area contributed by atoms with Gasteiger partial charge in [0.2, 0.25) is 0 Å². The van der Waals surface area contributed by atoms with Gasteiger partial charge >= 0.3 is 0 Å². The summed E-state index contributed by atoms with van der Waals surface area (Å²) in [4.78, 5) is 8.34. The largest absolute Gasteiger partial charge is 0.384 e. The van der Waals surface area contributed by atoms with Gasteiger partial charge in [-0.05, 0) is 31.2 Å². The normalized spacial score (nSPS) is 19.8. The number of thiazole rings is 1. The van der Waals surface area contributed by atoms with Crippen LogP contribution >= 0.6 is 11.3 Å². The molecule has 20 heavy (non-hydrogen) atoms. The number of hydrogen-bond donors (Lipinski definition) is 1.